The van der Waals surface area contributed by atoms with Gasteiger partial charge in [-0.2, -0.15) is 4.98 Å². The van der Waals surface area contributed by atoms with Gasteiger partial charge in [0.15, 0.2) is 5.82 Å². The molecule has 0 unspecified atom stereocenters. The zero-order chi connectivity index (χ0) is 16.5. The van der Waals surface area contributed by atoms with Crippen molar-refractivity contribution in [3.63, 3.8) is 0 Å². The monoisotopic (exact) mass is 320 g/mol. The highest BCUT2D eigenvalue weighted by molar-refractivity contribution is 5.77. The Morgan fingerprint density at radius 2 is 2.00 bits per heavy atom. The van der Waals surface area contributed by atoms with Crippen LogP contribution in [-0.2, 0) is 6.54 Å². The summed E-state index contributed by atoms with van der Waals surface area (Å²) < 4.78 is 11.1. The fraction of sp³-hybridized carbons (Fsp3) is 0.167. The Labute approximate surface area is 138 Å². The lowest BCUT2D eigenvalue weighted by Gasteiger charge is -2.16. The van der Waals surface area contributed by atoms with Gasteiger partial charge in [0.25, 0.3) is 5.89 Å². The van der Waals surface area contributed by atoms with E-state index in [2.05, 4.69) is 21.2 Å². The highest BCUT2D eigenvalue weighted by Gasteiger charge is 2.12. The van der Waals surface area contributed by atoms with Gasteiger partial charge in [-0.3, -0.25) is 0 Å². The maximum atomic E-state index is 5.87. The van der Waals surface area contributed by atoms with Crippen molar-refractivity contribution in [1.82, 2.24) is 15.1 Å². The number of aryl methyl sites for hydroxylation is 1. The van der Waals surface area contributed by atoms with Gasteiger partial charge in [-0.25, -0.2) is 4.98 Å². The average molecular weight is 320 g/mol. The predicted octanol–water partition coefficient (Wildman–Crippen LogP) is 3.82. The van der Waals surface area contributed by atoms with E-state index in [1.165, 1.54) is 0 Å². The smallest absolute Gasteiger partial charge is 0.258 e. The summed E-state index contributed by atoms with van der Waals surface area (Å²) in [6, 6.07) is 13.8. The topological polar surface area (TPSA) is 68.2 Å². The van der Waals surface area contributed by atoms with Gasteiger partial charge in [0.05, 0.1) is 6.54 Å². The number of aromatic nitrogens is 3. The van der Waals surface area contributed by atoms with Crippen molar-refractivity contribution in [3.8, 4) is 11.5 Å². The molecule has 0 fully saturated rings. The normalized spacial score (nSPS) is 11.1. The molecule has 0 saturated heterocycles. The van der Waals surface area contributed by atoms with E-state index in [-0.39, 0.29) is 0 Å². The highest BCUT2D eigenvalue weighted by atomic mass is 16.5. The molecule has 6 heteroatoms. The van der Waals surface area contributed by atoms with Crippen LogP contribution in [0, 0.1) is 6.92 Å². The van der Waals surface area contributed by atoms with Crippen molar-refractivity contribution in [1.29, 1.82) is 0 Å². The van der Waals surface area contributed by atoms with Crippen LogP contribution < -0.4 is 4.90 Å². The Balaban J connectivity index is 1.58. The number of nitrogens with zero attached hydrogens (tertiary/aromatic N) is 4. The van der Waals surface area contributed by atoms with E-state index in [4.69, 9.17) is 8.94 Å². The number of hydrogen-bond acceptors (Lipinski definition) is 6. The van der Waals surface area contributed by atoms with Crippen LogP contribution in [0.5, 0.6) is 0 Å². The lowest BCUT2D eigenvalue weighted by Crippen LogP contribution is -2.17. The van der Waals surface area contributed by atoms with Gasteiger partial charge in [0.1, 0.15) is 17.2 Å². The summed E-state index contributed by atoms with van der Waals surface area (Å²) in [6.07, 6.45) is 1.74. The molecule has 6 nitrogen and oxygen atoms in total. The Morgan fingerprint density at radius 1 is 1.12 bits per heavy atom. The summed E-state index contributed by atoms with van der Waals surface area (Å²) in [7, 11) is 1.97. The molecule has 3 heterocycles. The first-order valence-corrected chi connectivity index (χ1v) is 7.64. The largest absolute Gasteiger partial charge is 0.459 e. The molecule has 0 amide bonds. The van der Waals surface area contributed by atoms with E-state index in [0.717, 1.165) is 28.1 Å². The zero-order valence-electron chi connectivity index (χ0n) is 13.4. The number of anilines is 1. The second-order valence-corrected chi connectivity index (χ2v) is 5.66. The molecule has 0 spiro atoms. The first-order chi connectivity index (χ1) is 11.7. The van der Waals surface area contributed by atoms with E-state index in [9.17, 15) is 0 Å². The molecule has 0 saturated carbocycles. The van der Waals surface area contributed by atoms with Crippen molar-refractivity contribution < 1.29 is 8.94 Å². The third kappa shape index (κ3) is 2.74. The number of para-hydroxylation sites is 1. The molecule has 4 aromatic rings. The molecule has 0 bridgehead atoms. The van der Waals surface area contributed by atoms with E-state index in [1.54, 1.807) is 13.1 Å². The molecule has 120 valence electrons. The number of furan rings is 1. The van der Waals surface area contributed by atoms with Crippen molar-refractivity contribution >= 4 is 16.8 Å². The first-order valence-electron chi connectivity index (χ1n) is 7.64. The van der Waals surface area contributed by atoms with Crippen LogP contribution in [0.1, 0.15) is 11.6 Å². The minimum Gasteiger partial charge on any atom is -0.459 e. The first kappa shape index (κ1) is 14.4. The number of fused-ring (bicyclic) bond motifs is 1. The fourth-order valence-electron chi connectivity index (χ4n) is 2.60. The van der Waals surface area contributed by atoms with Gasteiger partial charge in [0, 0.05) is 24.2 Å². The summed E-state index contributed by atoms with van der Waals surface area (Å²) in [5.74, 6) is 2.80. The molecule has 0 radical (unpaired) electrons. The molecule has 0 aliphatic rings. The van der Waals surface area contributed by atoms with Crippen LogP contribution in [0.15, 0.2) is 57.6 Å². The van der Waals surface area contributed by atoms with Crippen LogP contribution in [0.2, 0.25) is 0 Å². The minimum absolute atomic E-state index is 0.494. The maximum absolute atomic E-state index is 5.87. The lowest BCUT2D eigenvalue weighted by molar-refractivity contribution is 0.425. The van der Waals surface area contributed by atoms with Crippen molar-refractivity contribution in [3.05, 3.63) is 60.2 Å². The molecule has 0 aliphatic heterocycles. The summed E-state index contributed by atoms with van der Waals surface area (Å²) in [5, 5.41) is 4.93. The number of rotatable bonds is 4. The quantitative estimate of drug-likeness (QED) is 0.569. The molecular weight excluding hydrogens is 304 g/mol. The van der Waals surface area contributed by atoms with Gasteiger partial charge >= 0.3 is 0 Å². The molecule has 4 rings (SSSR count). The second-order valence-electron chi connectivity index (χ2n) is 5.66. The fourth-order valence-corrected chi connectivity index (χ4v) is 2.60. The summed E-state index contributed by atoms with van der Waals surface area (Å²) >= 11 is 0. The van der Waals surface area contributed by atoms with Gasteiger partial charge in [-0.05, 0) is 31.2 Å². The Bertz CT molecular complexity index is 956. The standard InChI is InChI=1S/C18H16N4O2/c1-12-20-18(24-21-12)14-7-8-19-17(10-14)22(2)11-15-9-13-5-3-4-6-16(13)23-15/h3-10H,11H2,1-2H3. The summed E-state index contributed by atoms with van der Waals surface area (Å²) in [5.41, 5.74) is 1.74. The average Bonchev–Trinajstić information content (AvgIpc) is 3.20. The van der Waals surface area contributed by atoms with E-state index >= 15 is 0 Å². The van der Waals surface area contributed by atoms with Crippen LogP contribution in [-0.4, -0.2) is 22.2 Å². The van der Waals surface area contributed by atoms with Gasteiger partial charge in [-0.1, -0.05) is 23.4 Å². The molecule has 1 aromatic carbocycles. The maximum Gasteiger partial charge on any atom is 0.258 e. The van der Waals surface area contributed by atoms with Crippen molar-refractivity contribution in [2.75, 3.05) is 11.9 Å². The van der Waals surface area contributed by atoms with Gasteiger partial charge < -0.3 is 13.8 Å². The zero-order valence-corrected chi connectivity index (χ0v) is 13.4. The van der Waals surface area contributed by atoms with Gasteiger partial charge in [0.2, 0.25) is 0 Å². The Kier molecular flexibility index (Phi) is 3.49. The second kappa shape index (κ2) is 5.81. The molecular formula is C18H16N4O2. The highest BCUT2D eigenvalue weighted by Crippen LogP contribution is 2.24. The summed E-state index contributed by atoms with van der Waals surface area (Å²) in [6.45, 7) is 2.41. The Hall–Kier alpha value is -3.15. The molecule has 0 atom stereocenters. The predicted molar refractivity (Wildman–Crippen MR) is 90.6 cm³/mol. The third-order valence-corrected chi connectivity index (χ3v) is 3.78. The van der Waals surface area contributed by atoms with Crippen LogP contribution in [0.25, 0.3) is 22.4 Å². The molecule has 0 N–H and O–H groups in total. The minimum atomic E-state index is 0.494. The van der Waals surface area contributed by atoms with Crippen LogP contribution in [0.3, 0.4) is 0 Å². The summed E-state index contributed by atoms with van der Waals surface area (Å²) in [4.78, 5) is 10.7. The van der Waals surface area contributed by atoms with Gasteiger partial charge in [-0.15, -0.1) is 0 Å². The van der Waals surface area contributed by atoms with E-state index in [0.29, 0.717) is 18.3 Å². The lowest BCUT2D eigenvalue weighted by atomic mass is 10.2. The number of benzene rings is 1. The molecule has 0 aliphatic carbocycles. The van der Waals surface area contributed by atoms with Crippen LogP contribution >= 0.6 is 0 Å². The molecule has 24 heavy (non-hydrogen) atoms. The van der Waals surface area contributed by atoms with E-state index in [1.807, 2.05) is 48.3 Å². The Morgan fingerprint density at radius 3 is 2.79 bits per heavy atom. The molecule has 3 aromatic heterocycles. The van der Waals surface area contributed by atoms with Crippen molar-refractivity contribution in [2.24, 2.45) is 0 Å². The van der Waals surface area contributed by atoms with Crippen molar-refractivity contribution in [2.45, 2.75) is 13.5 Å². The van der Waals surface area contributed by atoms with E-state index < -0.39 is 0 Å². The SMILES string of the molecule is Cc1noc(-c2ccnc(N(C)Cc3cc4ccccc4o3)c2)n1. The van der Waals surface area contributed by atoms with Crippen LogP contribution in [0.4, 0.5) is 5.82 Å². The number of pyridine rings is 1. The third-order valence-electron chi connectivity index (χ3n) is 3.78. The number of hydrogen-bond donors (Lipinski definition) is 0.